The fourth-order valence-corrected chi connectivity index (χ4v) is 3.14. The Balaban J connectivity index is 1.63. The molecule has 0 spiro atoms. The highest BCUT2D eigenvalue weighted by atomic mass is 16.5. The lowest BCUT2D eigenvalue weighted by molar-refractivity contribution is -0.121. The molecular weight excluding hydrogens is 376 g/mol. The van der Waals surface area contributed by atoms with Crippen LogP contribution >= 0.6 is 0 Å². The van der Waals surface area contributed by atoms with Crippen LogP contribution in [0.3, 0.4) is 0 Å². The van der Waals surface area contributed by atoms with Gasteiger partial charge in [-0.1, -0.05) is 60.7 Å². The van der Waals surface area contributed by atoms with Crippen molar-refractivity contribution < 1.29 is 14.3 Å². The number of benzene rings is 3. The second kappa shape index (κ2) is 10.8. The normalized spacial score (nSPS) is 11.4. The maximum Gasteiger partial charge on any atom is 0.251 e. The van der Waals surface area contributed by atoms with Crippen LogP contribution in [0.15, 0.2) is 84.9 Å². The Hall–Kier alpha value is -3.60. The summed E-state index contributed by atoms with van der Waals surface area (Å²) in [5, 5.41) is 5.87. The van der Waals surface area contributed by atoms with Gasteiger partial charge in [0.05, 0.1) is 12.6 Å². The lowest BCUT2D eigenvalue weighted by atomic mass is 9.98. The molecule has 0 heterocycles. The number of nitrogens with one attached hydrogen (secondary N) is 2. The minimum Gasteiger partial charge on any atom is -0.494 e. The van der Waals surface area contributed by atoms with Crippen molar-refractivity contribution in [1.29, 1.82) is 0 Å². The van der Waals surface area contributed by atoms with Gasteiger partial charge in [0.15, 0.2) is 0 Å². The highest BCUT2D eigenvalue weighted by Crippen LogP contribution is 2.24. The lowest BCUT2D eigenvalue weighted by Gasteiger charge is -2.20. The molecule has 3 rings (SSSR count). The standard InChI is InChI=1S/C25H26N2O3/c1-2-30-22-15-13-20(14-16-22)24(19-9-5-3-6-10-19)27-23(28)17-18-26-25(29)21-11-7-4-8-12-21/h3-16,24H,2,17-18H2,1H3,(H,26,29)(H,27,28). The van der Waals surface area contributed by atoms with Crippen LogP contribution in [0.5, 0.6) is 5.75 Å². The number of hydrogen-bond acceptors (Lipinski definition) is 3. The van der Waals surface area contributed by atoms with Crippen LogP contribution in [0.2, 0.25) is 0 Å². The number of ether oxygens (including phenoxy) is 1. The second-order valence-electron chi connectivity index (χ2n) is 6.79. The van der Waals surface area contributed by atoms with Crippen molar-refractivity contribution >= 4 is 11.8 Å². The van der Waals surface area contributed by atoms with Gasteiger partial charge in [-0.15, -0.1) is 0 Å². The van der Waals surface area contributed by atoms with E-state index >= 15 is 0 Å². The summed E-state index contributed by atoms with van der Waals surface area (Å²) in [7, 11) is 0. The van der Waals surface area contributed by atoms with E-state index in [1.54, 1.807) is 12.1 Å². The Morgan fingerprint density at radius 1 is 0.833 bits per heavy atom. The number of amides is 2. The summed E-state index contributed by atoms with van der Waals surface area (Å²) >= 11 is 0. The van der Waals surface area contributed by atoms with E-state index in [9.17, 15) is 9.59 Å². The summed E-state index contributed by atoms with van der Waals surface area (Å²) in [5.74, 6) is 0.476. The quantitative estimate of drug-likeness (QED) is 0.566. The van der Waals surface area contributed by atoms with E-state index in [-0.39, 0.29) is 30.8 Å². The third-order valence-electron chi connectivity index (χ3n) is 4.64. The molecule has 5 nitrogen and oxygen atoms in total. The van der Waals surface area contributed by atoms with Crippen LogP contribution < -0.4 is 15.4 Å². The molecule has 0 radical (unpaired) electrons. The molecule has 5 heteroatoms. The molecule has 0 aliphatic heterocycles. The minimum absolute atomic E-state index is 0.133. The molecule has 0 aromatic heterocycles. The van der Waals surface area contributed by atoms with Gasteiger partial charge in [-0.3, -0.25) is 9.59 Å². The molecule has 2 N–H and O–H groups in total. The first-order valence-corrected chi connectivity index (χ1v) is 10.1. The van der Waals surface area contributed by atoms with Crippen molar-refractivity contribution in [3.8, 4) is 5.75 Å². The summed E-state index contributed by atoms with van der Waals surface area (Å²) in [4.78, 5) is 24.7. The van der Waals surface area contributed by atoms with Crippen molar-refractivity contribution in [2.45, 2.75) is 19.4 Å². The Bertz CT molecular complexity index is 941. The first kappa shape index (κ1) is 21.1. The topological polar surface area (TPSA) is 67.4 Å². The van der Waals surface area contributed by atoms with Gasteiger partial charge in [0, 0.05) is 18.5 Å². The molecular formula is C25H26N2O3. The molecule has 0 aliphatic carbocycles. The van der Waals surface area contributed by atoms with Gasteiger partial charge in [-0.05, 0) is 42.3 Å². The molecule has 30 heavy (non-hydrogen) atoms. The van der Waals surface area contributed by atoms with Crippen molar-refractivity contribution in [1.82, 2.24) is 10.6 Å². The zero-order valence-electron chi connectivity index (χ0n) is 17.0. The van der Waals surface area contributed by atoms with E-state index in [2.05, 4.69) is 10.6 Å². The fraction of sp³-hybridized carbons (Fsp3) is 0.200. The van der Waals surface area contributed by atoms with E-state index in [1.165, 1.54) is 0 Å². The molecule has 3 aromatic rings. The average Bonchev–Trinajstić information content (AvgIpc) is 2.79. The van der Waals surface area contributed by atoms with Crippen LogP contribution in [0, 0.1) is 0 Å². The maximum atomic E-state index is 12.6. The number of rotatable bonds is 9. The van der Waals surface area contributed by atoms with Crippen molar-refractivity contribution in [3.05, 3.63) is 102 Å². The number of carbonyl (C=O) groups is 2. The van der Waals surface area contributed by atoms with Crippen molar-refractivity contribution in [2.24, 2.45) is 0 Å². The van der Waals surface area contributed by atoms with Crippen LogP contribution in [-0.4, -0.2) is 25.0 Å². The van der Waals surface area contributed by atoms with Crippen LogP contribution in [0.25, 0.3) is 0 Å². The van der Waals surface area contributed by atoms with E-state index in [1.807, 2.05) is 79.7 Å². The van der Waals surface area contributed by atoms with Gasteiger partial charge in [-0.2, -0.15) is 0 Å². The second-order valence-corrected chi connectivity index (χ2v) is 6.79. The van der Waals surface area contributed by atoms with Gasteiger partial charge >= 0.3 is 0 Å². The summed E-state index contributed by atoms with van der Waals surface area (Å²) in [5.41, 5.74) is 2.53. The molecule has 0 saturated heterocycles. The summed E-state index contributed by atoms with van der Waals surface area (Å²) in [6.07, 6.45) is 0.193. The number of hydrogen-bond donors (Lipinski definition) is 2. The predicted octanol–water partition coefficient (Wildman–Crippen LogP) is 4.11. The van der Waals surface area contributed by atoms with Crippen LogP contribution in [0.1, 0.15) is 40.9 Å². The molecule has 154 valence electrons. The van der Waals surface area contributed by atoms with Crippen molar-refractivity contribution in [3.63, 3.8) is 0 Å². The monoisotopic (exact) mass is 402 g/mol. The van der Waals surface area contributed by atoms with Gasteiger partial charge in [0.2, 0.25) is 5.91 Å². The highest BCUT2D eigenvalue weighted by molar-refractivity contribution is 5.94. The van der Waals surface area contributed by atoms with E-state index in [0.717, 1.165) is 16.9 Å². The average molecular weight is 402 g/mol. The first-order valence-electron chi connectivity index (χ1n) is 10.1. The minimum atomic E-state index is -0.279. The van der Waals surface area contributed by atoms with Gasteiger partial charge in [0.25, 0.3) is 5.91 Å². The van der Waals surface area contributed by atoms with Gasteiger partial charge in [-0.25, -0.2) is 0 Å². The molecule has 1 unspecified atom stereocenters. The molecule has 2 amide bonds. The van der Waals surface area contributed by atoms with Crippen LogP contribution in [0.4, 0.5) is 0 Å². The number of carbonyl (C=O) groups excluding carboxylic acids is 2. The third-order valence-corrected chi connectivity index (χ3v) is 4.64. The maximum absolute atomic E-state index is 12.6. The smallest absolute Gasteiger partial charge is 0.251 e. The Morgan fingerprint density at radius 2 is 1.43 bits per heavy atom. The summed E-state index contributed by atoms with van der Waals surface area (Å²) < 4.78 is 5.51. The zero-order chi connectivity index (χ0) is 21.2. The third kappa shape index (κ3) is 5.95. The molecule has 0 aliphatic rings. The first-order chi connectivity index (χ1) is 14.7. The largest absolute Gasteiger partial charge is 0.494 e. The fourth-order valence-electron chi connectivity index (χ4n) is 3.14. The van der Waals surface area contributed by atoms with Crippen LogP contribution in [-0.2, 0) is 4.79 Å². The van der Waals surface area contributed by atoms with E-state index < -0.39 is 0 Å². The summed E-state index contributed by atoms with van der Waals surface area (Å²) in [6.45, 7) is 2.81. The predicted molar refractivity (Wildman–Crippen MR) is 117 cm³/mol. The van der Waals surface area contributed by atoms with Crippen molar-refractivity contribution in [2.75, 3.05) is 13.2 Å². The van der Waals surface area contributed by atoms with E-state index in [0.29, 0.717) is 12.2 Å². The molecule has 0 saturated carbocycles. The zero-order valence-corrected chi connectivity index (χ0v) is 17.0. The lowest BCUT2D eigenvalue weighted by Crippen LogP contribution is -2.33. The molecule has 0 bridgehead atoms. The Kier molecular flexibility index (Phi) is 7.61. The van der Waals surface area contributed by atoms with E-state index in [4.69, 9.17) is 4.74 Å². The molecule has 0 fully saturated rings. The SMILES string of the molecule is CCOc1ccc(C(NC(=O)CCNC(=O)c2ccccc2)c2ccccc2)cc1. The molecule has 1 atom stereocenters. The Labute approximate surface area is 177 Å². The van der Waals surface area contributed by atoms with Gasteiger partial charge < -0.3 is 15.4 Å². The molecule has 3 aromatic carbocycles. The Morgan fingerprint density at radius 3 is 2.07 bits per heavy atom. The summed E-state index contributed by atoms with van der Waals surface area (Å²) in [6, 6.07) is 26.2. The highest BCUT2D eigenvalue weighted by Gasteiger charge is 2.17. The van der Waals surface area contributed by atoms with Gasteiger partial charge in [0.1, 0.15) is 5.75 Å².